The predicted octanol–water partition coefficient (Wildman–Crippen LogP) is 1.72. The van der Waals surface area contributed by atoms with Crippen molar-refractivity contribution in [2.45, 2.75) is 46.1 Å². The largest absolute Gasteiger partial charge is 0.507 e. The average Bonchev–Trinajstić information content (AvgIpc) is 2.39. The van der Waals surface area contributed by atoms with Crippen LogP contribution in [0.15, 0.2) is 10.2 Å². The molecular weight excluding hydrogens is 268 g/mol. The second-order valence-corrected chi connectivity index (χ2v) is 5.95. The van der Waals surface area contributed by atoms with E-state index in [0.717, 1.165) is 35.3 Å². The van der Waals surface area contributed by atoms with Gasteiger partial charge in [0.05, 0.1) is 6.21 Å². The number of ether oxygens (including phenoxy) is 1. The number of aromatic hydroxyl groups is 1. The summed E-state index contributed by atoms with van der Waals surface area (Å²) < 4.78 is 6.10. The fourth-order valence-corrected chi connectivity index (χ4v) is 2.55. The molecule has 0 unspecified atom stereocenters. The van der Waals surface area contributed by atoms with Crippen molar-refractivity contribution in [2.24, 2.45) is 21.7 Å². The van der Waals surface area contributed by atoms with Crippen molar-refractivity contribution in [2.75, 3.05) is 0 Å². The predicted molar refractivity (Wildman–Crippen MR) is 84.0 cm³/mol. The number of hydrogen-bond donors (Lipinski definition) is 3. The van der Waals surface area contributed by atoms with Gasteiger partial charge in [0.1, 0.15) is 17.1 Å². The Morgan fingerprint density at radius 2 is 1.95 bits per heavy atom. The third kappa shape index (κ3) is 2.94. The van der Waals surface area contributed by atoms with Gasteiger partial charge in [-0.25, -0.2) is 0 Å². The van der Waals surface area contributed by atoms with Crippen LogP contribution in [0.5, 0.6) is 11.5 Å². The molecule has 0 radical (unpaired) electrons. The molecule has 21 heavy (non-hydrogen) atoms. The van der Waals surface area contributed by atoms with Crippen molar-refractivity contribution < 1.29 is 9.84 Å². The Bertz CT molecular complexity index is 629. The molecular formula is C15H22N4O2. The van der Waals surface area contributed by atoms with Gasteiger partial charge in [-0.05, 0) is 46.1 Å². The molecule has 0 aromatic heterocycles. The van der Waals surface area contributed by atoms with E-state index in [-0.39, 0.29) is 17.3 Å². The second kappa shape index (κ2) is 5.27. The summed E-state index contributed by atoms with van der Waals surface area (Å²) in [6.07, 6.45) is 3.25. The molecule has 1 aromatic rings. The zero-order valence-electron chi connectivity index (χ0n) is 12.9. The van der Waals surface area contributed by atoms with Crippen LogP contribution in [-0.4, -0.2) is 22.9 Å². The molecule has 1 aliphatic rings. The van der Waals surface area contributed by atoms with Gasteiger partial charge in [-0.15, -0.1) is 5.10 Å². The van der Waals surface area contributed by atoms with Crippen LogP contribution in [0.2, 0.25) is 0 Å². The summed E-state index contributed by atoms with van der Waals surface area (Å²) in [4.78, 5) is 0. The SMILES string of the molecule is Cc1c(O)c(/C=N/N=C(N)N)c(C)c2c1CCC(C)(C)O2. The second-order valence-electron chi connectivity index (χ2n) is 5.95. The van der Waals surface area contributed by atoms with Crippen molar-refractivity contribution >= 4 is 12.2 Å². The Labute approximate surface area is 124 Å². The average molecular weight is 290 g/mol. The Kier molecular flexibility index (Phi) is 3.80. The molecule has 5 N–H and O–H groups in total. The van der Waals surface area contributed by atoms with Gasteiger partial charge in [-0.1, -0.05) is 0 Å². The monoisotopic (exact) mass is 290 g/mol. The normalized spacial score (nSPS) is 16.4. The first-order valence-electron chi connectivity index (χ1n) is 6.89. The Balaban J connectivity index is 2.56. The van der Waals surface area contributed by atoms with Crippen LogP contribution in [0, 0.1) is 13.8 Å². The summed E-state index contributed by atoms with van der Waals surface area (Å²) in [7, 11) is 0. The van der Waals surface area contributed by atoms with E-state index < -0.39 is 0 Å². The van der Waals surface area contributed by atoms with Gasteiger partial charge in [-0.3, -0.25) is 0 Å². The van der Waals surface area contributed by atoms with Gasteiger partial charge in [0, 0.05) is 16.7 Å². The van der Waals surface area contributed by atoms with E-state index in [1.54, 1.807) is 0 Å². The van der Waals surface area contributed by atoms with E-state index in [1.807, 2.05) is 13.8 Å². The van der Waals surface area contributed by atoms with Gasteiger partial charge in [0.2, 0.25) is 5.96 Å². The number of nitrogens with two attached hydrogens (primary N) is 2. The molecule has 6 heteroatoms. The lowest BCUT2D eigenvalue weighted by molar-refractivity contribution is 0.0832. The van der Waals surface area contributed by atoms with Gasteiger partial charge in [0.25, 0.3) is 0 Å². The molecule has 0 atom stereocenters. The first-order chi connectivity index (χ1) is 9.73. The number of hydrogen-bond acceptors (Lipinski definition) is 4. The van der Waals surface area contributed by atoms with Crippen LogP contribution >= 0.6 is 0 Å². The van der Waals surface area contributed by atoms with Gasteiger partial charge in [0.15, 0.2) is 0 Å². The van der Waals surface area contributed by atoms with Crippen LogP contribution in [0.1, 0.15) is 42.5 Å². The lowest BCUT2D eigenvalue weighted by Crippen LogP contribution is -2.33. The zero-order chi connectivity index (χ0) is 15.8. The molecule has 0 amide bonds. The summed E-state index contributed by atoms with van der Waals surface area (Å²) >= 11 is 0. The topological polar surface area (TPSA) is 106 Å². The molecule has 1 aromatic carbocycles. The first-order valence-corrected chi connectivity index (χ1v) is 6.89. The quantitative estimate of drug-likeness (QED) is 0.438. The number of rotatable bonds is 2. The Morgan fingerprint density at radius 1 is 1.29 bits per heavy atom. The summed E-state index contributed by atoms with van der Waals surface area (Å²) in [6.45, 7) is 7.90. The molecule has 0 aliphatic carbocycles. The number of nitrogens with zero attached hydrogens (tertiary/aromatic N) is 2. The van der Waals surface area contributed by atoms with Crippen LogP contribution in [-0.2, 0) is 6.42 Å². The molecule has 114 valence electrons. The lowest BCUT2D eigenvalue weighted by Gasteiger charge is -2.35. The maximum absolute atomic E-state index is 10.4. The Morgan fingerprint density at radius 3 is 2.57 bits per heavy atom. The smallest absolute Gasteiger partial charge is 0.211 e. The zero-order valence-corrected chi connectivity index (χ0v) is 12.9. The molecule has 0 bridgehead atoms. The molecule has 0 saturated heterocycles. The highest BCUT2D eigenvalue weighted by Crippen LogP contribution is 2.42. The molecule has 6 nitrogen and oxygen atoms in total. The van der Waals surface area contributed by atoms with Gasteiger partial charge in [-0.2, -0.15) is 5.10 Å². The maximum atomic E-state index is 10.4. The van der Waals surface area contributed by atoms with E-state index in [1.165, 1.54) is 6.21 Å². The third-order valence-electron chi connectivity index (χ3n) is 3.80. The fraction of sp³-hybridized carbons (Fsp3) is 0.467. The molecule has 1 heterocycles. The van der Waals surface area contributed by atoms with E-state index in [9.17, 15) is 5.11 Å². The summed E-state index contributed by atoms with van der Waals surface area (Å²) in [5, 5.41) is 17.7. The summed E-state index contributed by atoms with van der Waals surface area (Å²) in [5.74, 6) is 0.896. The number of fused-ring (bicyclic) bond motifs is 1. The number of phenols is 1. The molecule has 2 rings (SSSR count). The number of phenolic OH excluding ortho intramolecular Hbond substituents is 1. The van der Waals surface area contributed by atoms with Crippen molar-refractivity contribution in [3.8, 4) is 11.5 Å². The van der Waals surface area contributed by atoms with Gasteiger partial charge >= 0.3 is 0 Å². The minimum absolute atomic E-state index is 0.129. The van der Waals surface area contributed by atoms with E-state index in [2.05, 4.69) is 24.1 Å². The minimum atomic E-state index is -0.213. The van der Waals surface area contributed by atoms with Crippen molar-refractivity contribution in [3.63, 3.8) is 0 Å². The number of guanidine groups is 1. The standard InChI is InChI=1S/C15H22N4O2/c1-8-10-5-6-15(3,4)21-13(10)9(2)11(12(8)20)7-18-19-14(16)17/h7,20H,5-6H2,1-4H3,(H4,16,17,19)/b18-7+. The lowest BCUT2D eigenvalue weighted by atomic mass is 9.88. The highest BCUT2D eigenvalue weighted by atomic mass is 16.5. The van der Waals surface area contributed by atoms with Crippen LogP contribution in [0.4, 0.5) is 0 Å². The first kappa shape index (κ1) is 15.2. The molecule has 1 aliphatic heterocycles. The summed E-state index contributed by atoms with van der Waals surface area (Å²) in [5.41, 5.74) is 13.6. The van der Waals surface area contributed by atoms with Crippen molar-refractivity contribution in [1.82, 2.24) is 0 Å². The van der Waals surface area contributed by atoms with Gasteiger partial charge < -0.3 is 21.3 Å². The molecule has 0 spiro atoms. The van der Waals surface area contributed by atoms with Crippen LogP contribution in [0.3, 0.4) is 0 Å². The van der Waals surface area contributed by atoms with Crippen molar-refractivity contribution in [3.05, 3.63) is 22.3 Å². The fourth-order valence-electron chi connectivity index (χ4n) is 2.55. The highest BCUT2D eigenvalue weighted by Gasteiger charge is 2.31. The number of benzene rings is 1. The third-order valence-corrected chi connectivity index (χ3v) is 3.80. The van der Waals surface area contributed by atoms with Crippen molar-refractivity contribution in [1.29, 1.82) is 0 Å². The van der Waals surface area contributed by atoms with E-state index in [0.29, 0.717) is 5.56 Å². The molecule has 0 saturated carbocycles. The van der Waals surface area contributed by atoms with E-state index >= 15 is 0 Å². The maximum Gasteiger partial charge on any atom is 0.211 e. The van der Waals surface area contributed by atoms with Crippen LogP contribution in [0.25, 0.3) is 0 Å². The minimum Gasteiger partial charge on any atom is -0.507 e. The highest BCUT2D eigenvalue weighted by molar-refractivity contribution is 5.88. The molecule has 0 fully saturated rings. The Hall–Kier alpha value is -2.24. The summed E-state index contributed by atoms with van der Waals surface area (Å²) in [6, 6.07) is 0. The van der Waals surface area contributed by atoms with E-state index in [4.69, 9.17) is 16.2 Å². The van der Waals surface area contributed by atoms with Crippen LogP contribution < -0.4 is 16.2 Å².